The van der Waals surface area contributed by atoms with Crippen molar-refractivity contribution in [2.45, 2.75) is 57.5 Å². The van der Waals surface area contributed by atoms with E-state index in [0.717, 1.165) is 24.8 Å². The van der Waals surface area contributed by atoms with Gasteiger partial charge in [0.15, 0.2) is 0 Å². The summed E-state index contributed by atoms with van der Waals surface area (Å²) in [6, 6.07) is 4.02. The minimum Gasteiger partial charge on any atom is -0.394 e. The summed E-state index contributed by atoms with van der Waals surface area (Å²) in [7, 11) is 1.93. The lowest BCUT2D eigenvalue weighted by Gasteiger charge is -2.44. The Hall–Kier alpha value is -1.35. The molecule has 1 heterocycles. The number of aryl methyl sites for hydroxylation is 1. The maximum Gasteiger partial charge on any atom is 0.127 e. The van der Waals surface area contributed by atoms with Gasteiger partial charge in [0.05, 0.1) is 6.04 Å². The Labute approximate surface area is 126 Å². The van der Waals surface area contributed by atoms with Crippen molar-refractivity contribution in [2.24, 2.45) is 0 Å². The van der Waals surface area contributed by atoms with Gasteiger partial charge < -0.3 is 10.6 Å². The first-order chi connectivity index (χ1) is 9.96. The number of hydrogen-bond donors (Lipinski definition) is 2. The Morgan fingerprint density at radius 3 is 2.81 bits per heavy atom. The van der Waals surface area contributed by atoms with Crippen LogP contribution in [0, 0.1) is 5.82 Å². The van der Waals surface area contributed by atoms with E-state index in [4.69, 9.17) is 0 Å². The van der Waals surface area contributed by atoms with E-state index in [1.165, 1.54) is 16.7 Å². The van der Waals surface area contributed by atoms with Gasteiger partial charge in [0, 0.05) is 24.1 Å². The molecule has 1 aromatic carbocycles. The fourth-order valence-corrected chi connectivity index (χ4v) is 3.86. The zero-order valence-electron chi connectivity index (χ0n) is 13.4. The van der Waals surface area contributed by atoms with E-state index in [1.54, 1.807) is 6.07 Å². The van der Waals surface area contributed by atoms with Crippen LogP contribution in [0.5, 0.6) is 0 Å². The number of hydrogen-bond acceptors (Lipinski definition) is 2. The van der Waals surface area contributed by atoms with Crippen LogP contribution in [0.2, 0.25) is 0 Å². The fraction of sp³-hybridized carbons (Fsp3) is 0.556. The molecule has 3 heteroatoms. The monoisotopic (exact) mass is 288 g/mol. The molecule has 3 rings (SSSR count). The molecule has 2 nitrogen and oxygen atoms in total. The van der Waals surface area contributed by atoms with Gasteiger partial charge >= 0.3 is 0 Å². The van der Waals surface area contributed by atoms with E-state index in [1.807, 2.05) is 13.1 Å². The highest BCUT2D eigenvalue weighted by Crippen LogP contribution is 2.45. The topological polar surface area (TPSA) is 24.1 Å². The Balaban J connectivity index is 2.27. The van der Waals surface area contributed by atoms with Crippen LogP contribution in [0.15, 0.2) is 23.9 Å². The lowest BCUT2D eigenvalue weighted by Crippen LogP contribution is -2.50. The number of nitrogens with one attached hydrogen (secondary N) is 2. The molecular formula is C18H25FN2. The van der Waals surface area contributed by atoms with Crippen molar-refractivity contribution in [1.29, 1.82) is 0 Å². The molecule has 0 saturated carbocycles. The summed E-state index contributed by atoms with van der Waals surface area (Å²) in [5, 5.41) is 6.89. The predicted molar refractivity (Wildman–Crippen MR) is 84.8 cm³/mol. The first-order valence-corrected chi connectivity index (χ1v) is 7.90. The molecule has 0 fully saturated rings. The van der Waals surface area contributed by atoms with Crippen molar-refractivity contribution >= 4 is 0 Å². The first kappa shape index (κ1) is 14.6. The molecule has 0 aromatic heterocycles. The average Bonchev–Trinajstić information content (AvgIpc) is 2.59. The summed E-state index contributed by atoms with van der Waals surface area (Å²) in [5.74, 6) is -0.0530. The average molecular weight is 288 g/mol. The van der Waals surface area contributed by atoms with Crippen molar-refractivity contribution in [1.82, 2.24) is 10.6 Å². The van der Waals surface area contributed by atoms with Crippen LogP contribution < -0.4 is 10.6 Å². The SMILES string of the molecule is CN/C=C1/CCCc2ccc(F)c3c2C1N[C@H](C)C3(C)C. The number of rotatable bonds is 1. The number of halogens is 1. The van der Waals surface area contributed by atoms with Crippen LogP contribution >= 0.6 is 0 Å². The highest BCUT2D eigenvalue weighted by Gasteiger charge is 2.42. The van der Waals surface area contributed by atoms with Crippen molar-refractivity contribution in [3.05, 3.63) is 46.4 Å². The van der Waals surface area contributed by atoms with Gasteiger partial charge in [-0.2, -0.15) is 0 Å². The van der Waals surface area contributed by atoms with Gasteiger partial charge in [-0.05, 0) is 55.2 Å². The van der Waals surface area contributed by atoms with E-state index in [0.29, 0.717) is 0 Å². The molecule has 2 aliphatic rings. The summed E-state index contributed by atoms with van der Waals surface area (Å²) < 4.78 is 14.6. The van der Waals surface area contributed by atoms with E-state index in [-0.39, 0.29) is 23.3 Å². The Bertz CT molecular complexity index is 589. The quantitative estimate of drug-likeness (QED) is 0.825. The zero-order valence-corrected chi connectivity index (χ0v) is 13.4. The second-order valence-electron chi connectivity index (χ2n) is 6.90. The third-order valence-corrected chi connectivity index (χ3v) is 5.33. The van der Waals surface area contributed by atoms with Gasteiger partial charge in [0.1, 0.15) is 5.82 Å². The van der Waals surface area contributed by atoms with E-state index < -0.39 is 0 Å². The smallest absolute Gasteiger partial charge is 0.127 e. The second-order valence-corrected chi connectivity index (χ2v) is 6.90. The molecule has 2 atom stereocenters. The van der Waals surface area contributed by atoms with Crippen LogP contribution in [0.4, 0.5) is 4.39 Å². The Morgan fingerprint density at radius 1 is 1.33 bits per heavy atom. The molecule has 0 bridgehead atoms. The fourth-order valence-electron chi connectivity index (χ4n) is 3.86. The summed E-state index contributed by atoms with van der Waals surface area (Å²) in [5.41, 5.74) is 4.56. The van der Waals surface area contributed by atoms with Gasteiger partial charge in [-0.3, -0.25) is 0 Å². The van der Waals surface area contributed by atoms with Crippen LogP contribution in [0.3, 0.4) is 0 Å². The van der Waals surface area contributed by atoms with Crippen molar-refractivity contribution < 1.29 is 4.39 Å². The largest absolute Gasteiger partial charge is 0.394 e. The maximum atomic E-state index is 14.6. The lowest BCUT2D eigenvalue weighted by molar-refractivity contribution is 0.297. The molecule has 0 amide bonds. The molecule has 114 valence electrons. The first-order valence-electron chi connectivity index (χ1n) is 7.90. The van der Waals surface area contributed by atoms with Gasteiger partial charge in [-0.1, -0.05) is 19.9 Å². The third kappa shape index (κ3) is 2.18. The van der Waals surface area contributed by atoms with Gasteiger partial charge in [-0.25, -0.2) is 4.39 Å². The van der Waals surface area contributed by atoms with Crippen LogP contribution in [-0.4, -0.2) is 13.1 Å². The van der Waals surface area contributed by atoms with Crippen LogP contribution in [0.25, 0.3) is 0 Å². The Kier molecular flexibility index (Phi) is 3.56. The normalized spacial score (nSPS) is 28.9. The lowest BCUT2D eigenvalue weighted by atomic mass is 9.69. The summed E-state index contributed by atoms with van der Waals surface area (Å²) in [4.78, 5) is 0. The minimum absolute atomic E-state index is 0.0530. The van der Waals surface area contributed by atoms with E-state index in [9.17, 15) is 4.39 Å². The van der Waals surface area contributed by atoms with Gasteiger partial charge in [0.2, 0.25) is 0 Å². The Morgan fingerprint density at radius 2 is 2.10 bits per heavy atom. The van der Waals surface area contributed by atoms with Crippen molar-refractivity contribution in [2.75, 3.05) is 7.05 Å². The molecular weight excluding hydrogens is 263 g/mol. The van der Waals surface area contributed by atoms with Crippen LogP contribution in [-0.2, 0) is 11.8 Å². The van der Waals surface area contributed by atoms with Crippen LogP contribution in [0.1, 0.15) is 56.3 Å². The molecule has 1 aromatic rings. The highest BCUT2D eigenvalue weighted by atomic mass is 19.1. The number of benzene rings is 1. The van der Waals surface area contributed by atoms with Crippen molar-refractivity contribution in [3.63, 3.8) is 0 Å². The minimum atomic E-state index is -0.193. The van der Waals surface area contributed by atoms with Gasteiger partial charge in [-0.15, -0.1) is 0 Å². The molecule has 1 aliphatic carbocycles. The zero-order chi connectivity index (χ0) is 15.2. The predicted octanol–water partition coefficient (Wildman–Crippen LogP) is 3.58. The molecule has 2 N–H and O–H groups in total. The summed E-state index contributed by atoms with van der Waals surface area (Å²) in [6.45, 7) is 6.45. The van der Waals surface area contributed by atoms with E-state index in [2.05, 4.69) is 37.6 Å². The van der Waals surface area contributed by atoms with Gasteiger partial charge in [0.25, 0.3) is 0 Å². The van der Waals surface area contributed by atoms with Crippen molar-refractivity contribution in [3.8, 4) is 0 Å². The third-order valence-electron chi connectivity index (χ3n) is 5.33. The standard InChI is InChI=1S/C18H25FN2/c1-11-18(2,3)16-14(19)9-8-12-6-5-7-13(10-20-4)17(21-11)15(12)16/h8-11,17,20-21H,5-7H2,1-4H3/b13-10-/t11-,17?/m1/s1. The summed E-state index contributed by atoms with van der Waals surface area (Å²) >= 11 is 0. The molecule has 0 spiro atoms. The highest BCUT2D eigenvalue weighted by molar-refractivity contribution is 5.50. The van der Waals surface area contributed by atoms with E-state index >= 15 is 0 Å². The summed E-state index contributed by atoms with van der Waals surface area (Å²) in [6.07, 6.45) is 5.30. The second kappa shape index (κ2) is 5.13. The molecule has 0 saturated heterocycles. The molecule has 0 radical (unpaired) electrons. The molecule has 1 aliphatic heterocycles. The molecule has 1 unspecified atom stereocenters. The molecule has 21 heavy (non-hydrogen) atoms. The maximum absolute atomic E-state index is 14.6.